The van der Waals surface area contributed by atoms with E-state index in [2.05, 4.69) is 58.8 Å². The fourth-order valence-electron chi connectivity index (χ4n) is 5.40. The molecule has 2 heterocycles. The van der Waals surface area contributed by atoms with Crippen molar-refractivity contribution in [1.29, 1.82) is 0 Å². The van der Waals surface area contributed by atoms with Crippen LogP contribution in [0, 0.1) is 0 Å². The van der Waals surface area contributed by atoms with Gasteiger partial charge in [-0.05, 0) is 92.4 Å². The highest BCUT2D eigenvalue weighted by atomic mass is 35.5. The third kappa shape index (κ3) is 12.9. The maximum Gasteiger partial charge on any atom is 0.573 e. The van der Waals surface area contributed by atoms with Crippen molar-refractivity contribution in [3.63, 3.8) is 0 Å². The lowest BCUT2D eigenvalue weighted by atomic mass is 9.85. The molecule has 0 spiro atoms. The molecule has 0 saturated carbocycles. The van der Waals surface area contributed by atoms with Crippen molar-refractivity contribution < 1.29 is 17.9 Å². The van der Waals surface area contributed by atoms with Crippen LogP contribution < -0.4 is 32.9 Å². The monoisotopic (exact) mass is 746 g/mol. The van der Waals surface area contributed by atoms with Gasteiger partial charge in [-0.2, -0.15) is 4.98 Å². The third-order valence-electron chi connectivity index (χ3n) is 8.32. The first-order chi connectivity index (χ1) is 24.0. The highest BCUT2D eigenvalue weighted by Crippen LogP contribution is 2.39. The minimum Gasteiger partial charge on any atom is -0.404 e. The molecule has 8 N–H and O–H groups in total. The number of nitrogens with zero attached hydrogens (tertiary/aromatic N) is 3. The Hall–Kier alpha value is -4.07. The van der Waals surface area contributed by atoms with Crippen LogP contribution in [0.15, 0.2) is 58.4 Å². The molecule has 0 unspecified atom stereocenters. The first-order valence-electron chi connectivity index (χ1n) is 17.4. The summed E-state index contributed by atoms with van der Waals surface area (Å²) in [6.07, 6.45) is 0.182. The van der Waals surface area contributed by atoms with E-state index in [9.17, 15) is 18.0 Å². The van der Waals surface area contributed by atoms with Crippen LogP contribution in [0.25, 0.3) is 16.7 Å². The lowest BCUT2D eigenvalue weighted by Gasteiger charge is -2.24. The number of rotatable bonds is 12. The summed E-state index contributed by atoms with van der Waals surface area (Å²) < 4.78 is 43.3. The largest absolute Gasteiger partial charge is 0.573 e. The van der Waals surface area contributed by atoms with Crippen LogP contribution >= 0.6 is 11.6 Å². The highest BCUT2D eigenvalue weighted by Gasteiger charge is 2.33. The van der Waals surface area contributed by atoms with Crippen LogP contribution in [0.2, 0.25) is 5.02 Å². The van der Waals surface area contributed by atoms with Crippen molar-refractivity contribution in [3.05, 3.63) is 86.6 Å². The zero-order chi connectivity index (χ0) is 39.0. The normalized spacial score (nSPS) is 13.3. The van der Waals surface area contributed by atoms with Crippen LogP contribution in [0.5, 0.6) is 5.75 Å². The maximum absolute atomic E-state index is 12.6. The smallest absolute Gasteiger partial charge is 0.404 e. The van der Waals surface area contributed by atoms with E-state index >= 15 is 0 Å². The van der Waals surface area contributed by atoms with Crippen molar-refractivity contribution in [2.24, 2.45) is 22.2 Å². The van der Waals surface area contributed by atoms with Gasteiger partial charge in [-0.25, -0.2) is 4.79 Å². The molecule has 0 aliphatic rings. The zero-order valence-electron chi connectivity index (χ0n) is 31.4. The van der Waals surface area contributed by atoms with Gasteiger partial charge in [0, 0.05) is 41.3 Å². The molecule has 4 aromatic rings. The molecule has 10 nitrogen and oxygen atoms in total. The Morgan fingerprint density at radius 2 is 1.67 bits per heavy atom. The SMILES string of the molecule is C[C@H](N)CCCc1cc(OC(F)(F)F)c(Cl)c(C(C)(C)C)c1.C[C@H](NCCCN=C(N)N)c1ccc(-n2cc3cc(C(C)(C)C)[nH]c3nc2=O)cc1. The Morgan fingerprint density at radius 1 is 1.02 bits per heavy atom. The number of fused-ring (bicyclic) bond motifs is 1. The van der Waals surface area contributed by atoms with Gasteiger partial charge in [0.2, 0.25) is 0 Å². The number of aromatic amines is 1. The van der Waals surface area contributed by atoms with E-state index in [1.807, 2.05) is 64.2 Å². The highest BCUT2D eigenvalue weighted by molar-refractivity contribution is 6.33. The van der Waals surface area contributed by atoms with Gasteiger partial charge in [0.1, 0.15) is 11.4 Å². The standard InChI is InChI=1S/C22H31N7O.C16H23ClF3NO/c1-14(25-10-5-11-26-20(23)24)15-6-8-17(9-7-15)29-13-16-12-18(22(2,3)4)27-19(16)28-21(29)30;1-10(21)6-5-7-11-8-12(15(2,3)4)14(17)13(9-11)22-16(18,19)20/h6-9,12-14,25H,5,10-11H2,1-4H3,(H4,23,24,26)(H,27,28,30);8-10H,5-7,21H2,1-4H3/t14-;10-/m00/s1. The minimum atomic E-state index is -4.76. The Labute approximate surface area is 309 Å². The second-order valence-corrected chi connectivity index (χ2v) is 15.6. The van der Waals surface area contributed by atoms with E-state index in [1.165, 1.54) is 6.07 Å². The van der Waals surface area contributed by atoms with Gasteiger partial charge in [0.05, 0.1) is 10.7 Å². The molecule has 0 saturated heterocycles. The van der Waals surface area contributed by atoms with Gasteiger partial charge in [-0.3, -0.25) is 9.56 Å². The number of nitrogens with two attached hydrogens (primary N) is 3. The van der Waals surface area contributed by atoms with Crippen LogP contribution in [0.1, 0.15) is 103 Å². The predicted molar refractivity (Wildman–Crippen MR) is 206 cm³/mol. The molecule has 14 heteroatoms. The summed E-state index contributed by atoms with van der Waals surface area (Å²) >= 11 is 6.11. The fourth-order valence-corrected chi connectivity index (χ4v) is 5.83. The molecular weight excluding hydrogens is 693 g/mol. The number of H-pyrrole nitrogens is 1. The van der Waals surface area contributed by atoms with Crippen molar-refractivity contribution in [2.75, 3.05) is 13.1 Å². The number of aromatic nitrogens is 3. The van der Waals surface area contributed by atoms with Gasteiger partial charge in [-0.15, -0.1) is 13.2 Å². The molecule has 0 bridgehead atoms. The molecule has 2 aromatic carbocycles. The second-order valence-electron chi connectivity index (χ2n) is 15.2. The molecule has 2 aromatic heterocycles. The molecular formula is C38H54ClF3N8O2. The Bertz CT molecular complexity index is 1850. The summed E-state index contributed by atoms with van der Waals surface area (Å²) in [6, 6.07) is 13.5. The topological polar surface area (TPSA) is 162 Å². The van der Waals surface area contributed by atoms with Gasteiger partial charge in [0.15, 0.2) is 5.96 Å². The summed E-state index contributed by atoms with van der Waals surface area (Å²) in [6.45, 7) is 17.5. The molecule has 2 atom stereocenters. The minimum absolute atomic E-state index is 0.0146. The average molecular weight is 747 g/mol. The Balaban J connectivity index is 0.000000295. The van der Waals surface area contributed by atoms with Gasteiger partial charge < -0.3 is 32.2 Å². The Morgan fingerprint density at radius 3 is 2.23 bits per heavy atom. The number of benzene rings is 2. The van der Waals surface area contributed by atoms with Crippen LogP contribution in [0.3, 0.4) is 0 Å². The maximum atomic E-state index is 12.6. The third-order valence-corrected chi connectivity index (χ3v) is 8.71. The second kappa shape index (κ2) is 17.6. The number of halogens is 4. The molecule has 4 rings (SSSR count). The van der Waals surface area contributed by atoms with E-state index in [0.29, 0.717) is 24.2 Å². The summed E-state index contributed by atoms with van der Waals surface area (Å²) in [4.78, 5) is 24.0. The van der Waals surface area contributed by atoms with E-state index in [1.54, 1.807) is 4.57 Å². The van der Waals surface area contributed by atoms with Crippen LogP contribution in [0.4, 0.5) is 13.2 Å². The van der Waals surface area contributed by atoms with Gasteiger partial charge in [0.25, 0.3) is 0 Å². The summed E-state index contributed by atoms with van der Waals surface area (Å²) in [5.41, 5.74) is 20.7. The fraction of sp³-hybridized carbons (Fsp3) is 0.500. The molecule has 0 radical (unpaired) electrons. The summed E-state index contributed by atoms with van der Waals surface area (Å²) in [7, 11) is 0. The molecule has 0 fully saturated rings. The number of guanidine groups is 1. The first-order valence-corrected chi connectivity index (χ1v) is 17.8. The number of hydrogen-bond donors (Lipinski definition) is 5. The molecule has 0 aliphatic carbocycles. The Kier molecular flexibility index (Phi) is 14.4. The molecule has 0 amide bonds. The van der Waals surface area contributed by atoms with Gasteiger partial charge >= 0.3 is 12.1 Å². The average Bonchev–Trinajstić information content (AvgIpc) is 3.44. The van der Waals surface area contributed by atoms with Crippen LogP contribution in [-0.4, -0.2) is 46.0 Å². The number of alkyl halides is 3. The van der Waals surface area contributed by atoms with Crippen molar-refractivity contribution in [3.8, 4) is 11.4 Å². The number of aryl methyl sites for hydroxylation is 1. The zero-order valence-corrected chi connectivity index (χ0v) is 32.2. The lowest BCUT2D eigenvalue weighted by Crippen LogP contribution is -2.24. The quantitative estimate of drug-likeness (QED) is 0.0569. The van der Waals surface area contributed by atoms with Crippen molar-refractivity contribution in [1.82, 2.24) is 19.9 Å². The number of hydrogen-bond acceptors (Lipinski definition) is 6. The van der Waals surface area contributed by atoms with Crippen LogP contribution in [-0.2, 0) is 17.3 Å². The van der Waals surface area contributed by atoms with E-state index in [0.717, 1.165) is 53.7 Å². The predicted octanol–water partition coefficient (Wildman–Crippen LogP) is 7.53. The summed E-state index contributed by atoms with van der Waals surface area (Å²) in [5, 5.41) is 4.38. The number of aliphatic imine (C=N–C) groups is 1. The molecule has 52 heavy (non-hydrogen) atoms. The van der Waals surface area contributed by atoms with E-state index in [4.69, 9.17) is 28.8 Å². The number of ether oxygens (including phenoxy) is 1. The number of nitrogens with one attached hydrogen (secondary N) is 2. The first kappa shape index (κ1) is 42.3. The van der Waals surface area contributed by atoms with E-state index < -0.39 is 6.36 Å². The van der Waals surface area contributed by atoms with Crippen molar-refractivity contribution >= 4 is 28.6 Å². The van der Waals surface area contributed by atoms with Crippen molar-refractivity contribution in [2.45, 2.75) is 110 Å². The van der Waals surface area contributed by atoms with E-state index in [-0.39, 0.29) is 45.3 Å². The summed E-state index contributed by atoms with van der Waals surface area (Å²) in [5.74, 6) is -0.215. The van der Waals surface area contributed by atoms with Gasteiger partial charge in [-0.1, -0.05) is 71.3 Å². The molecule has 0 aliphatic heterocycles. The molecule has 286 valence electrons. The lowest BCUT2D eigenvalue weighted by molar-refractivity contribution is -0.274.